The molecule has 3 nitrogen and oxygen atoms in total. The number of ether oxygens (including phenoxy) is 1. The van der Waals surface area contributed by atoms with Gasteiger partial charge in [0.05, 0.1) is 6.61 Å². The van der Waals surface area contributed by atoms with Crippen molar-refractivity contribution in [2.75, 3.05) is 19.7 Å². The van der Waals surface area contributed by atoms with E-state index in [1.807, 2.05) is 0 Å². The van der Waals surface area contributed by atoms with Gasteiger partial charge in [0, 0.05) is 24.0 Å². The van der Waals surface area contributed by atoms with Crippen LogP contribution in [0.25, 0.3) is 10.8 Å². The minimum atomic E-state index is 0. The van der Waals surface area contributed by atoms with Crippen LogP contribution in [-0.2, 0) is 0 Å². The van der Waals surface area contributed by atoms with Gasteiger partial charge in [-0.3, -0.25) is 5.41 Å². The average molecular weight is 545 g/mol. The molecule has 0 atom stereocenters. The standard InChI is InChI=1S/C34H56N2O.ClH/c1-4-7-10-13-15-20-27-36(28-21-16-14-11-8-5-2)34(35)32-25-26-33(31-24-19-18-23-30(31)32)37-29-22-17-12-9-6-3;/h18-19,23-26,35H,4-17,20-22,27-29H2,1-3H3;1H. The molecule has 0 unspecified atom stereocenters. The van der Waals surface area contributed by atoms with Crippen molar-refractivity contribution in [2.45, 2.75) is 130 Å². The Hall–Kier alpha value is -1.74. The third-order valence-electron chi connectivity index (χ3n) is 7.52. The van der Waals surface area contributed by atoms with Gasteiger partial charge in [-0.2, -0.15) is 0 Å². The zero-order chi connectivity index (χ0) is 26.6. The SMILES string of the molecule is CCCCCCCCN(CCCCCCCC)C(=N)c1ccc(OCCCCCCC)c2ccccc12.Cl. The number of hydrogen-bond acceptors (Lipinski definition) is 2. The molecule has 4 heteroatoms. The van der Waals surface area contributed by atoms with Crippen molar-refractivity contribution in [3.63, 3.8) is 0 Å². The molecule has 0 radical (unpaired) electrons. The van der Waals surface area contributed by atoms with Crippen molar-refractivity contribution in [1.82, 2.24) is 4.90 Å². The normalized spacial score (nSPS) is 10.9. The number of amidine groups is 1. The first-order valence-electron chi connectivity index (χ1n) is 15.7. The molecule has 1 N–H and O–H groups in total. The monoisotopic (exact) mass is 544 g/mol. The minimum absolute atomic E-state index is 0. The number of unbranched alkanes of at least 4 members (excludes halogenated alkanes) is 14. The fourth-order valence-corrected chi connectivity index (χ4v) is 5.16. The third-order valence-corrected chi connectivity index (χ3v) is 7.52. The van der Waals surface area contributed by atoms with Gasteiger partial charge < -0.3 is 9.64 Å². The molecule has 38 heavy (non-hydrogen) atoms. The van der Waals surface area contributed by atoms with Gasteiger partial charge in [-0.15, -0.1) is 12.4 Å². The number of halogens is 1. The number of fused-ring (bicyclic) bond motifs is 1. The van der Waals surface area contributed by atoms with Gasteiger partial charge in [-0.1, -0.05) is 135 Å². The highest BCUT2D eigenvalue weighted by Gasteiger charge is 2.16. The second-order valence-electron chi connectivity index (χ2n) is 10.8. The lowest BCUT2D eigenvalue weighted by Crippen LogP contribution is -2.33. The summed E-state index contributed by atoms with van der Waals surface area (Å²) in [6.45, 7) is 9.56. The van der Waals surface area contributed by atoms with Gasteiger partial charge in [0.15, 0.2) is 0 Å². The van der Waals surface area contributed by atoms with E-state index in [1.54, 1.807) is 0 Å². The lowest BCUT2D eigenvalue weighted by molar-refractivity contribution is 0.308. The second kappa shape index (κ2) is 22.1. The highest BCUT2D eigenvalue weighted by Crippen LogP contribution is 2.30. The Morgan fingerprint density at radius 3 is 1.63 bits per heavy atom. The fraction of sp³-hybridized carbons (Fsp3) is 0.676. The summed E-state index contributed by atoms with van der Waals surface area (Å²) < 4.78 is 6.23. The van der Waals surface area contributed by atoms with Crippen LogP contribution in [0.15, 0.2) is 36.4 Å². The first-order chi connectivity index (χ1) is 18.2. The van der Waals surface area contributed by atoms with Gasteiger partial charge in [0.2, 0.25) is 0 Å². The predicted molar refractivity (Wildman–Crippen MR) is 171 cm³/mol. The molecular formula is C34H57ClN2O. The van der Waals surface area contributed by atoms with E-state index in [-0.39, 0.29) is 12.4 Å². The molecule has 0 saturated heterocycles. The van der Waals surface area contributed by atoms with Crippen LogP contribution in [0, 0.1) is 5.41 Å². The zero-order valence-electron chi connectivity index (χ0n) is 24.9. The van der Waals surface area contributed by atoms with E-state index in [9.17, 15) is 5.41 Å². The van der Waals surface area contributed by atoms with E-state index in [0.717, 1.165) is 48.2 Å². The third kappa shape index (κ3) is 12.9. The van der Waals surface area contributed by atoms with Crippen molar-refractivity contribution in [3.8, 4) is 5.75 Å². The number of benzene rings is 2. The fourth-order valence-electron chi connectivity index (χ4n) is 5.16. The minimum Gasteiger partial charge on any atom is -0.493 e. The molecule has 0 spiro atoms. The van der Waals surface area contributed by atoms with Crippen molar-refractivity contribution < 1.29 is 4.74 Å². The molecule has 216 valence electrons. The molecule has 0 aliphatic heterocycles. The van der Waals surface area contributed by atoms with E-state index in [4.69, 9.17) is 4.74 Å². The first-order valence-corrected chi connectivity index (χ1v) is 15.7. The Labute approximate surface area is 241 Å². The molecule has 0 aromatic heterocycles. The smallest absolute Gasteiger partial charge is 0.128 e. The highest BCUT2D eigenvalue weighted by molar-refractivity contribution is 6.09. The van der Waals surface area contributed by atoms with Crippen molar-refractivity contribution in [1.29, 1.82) is 5.41 Å². The topological polar surface area (TPSA) is 36.3 Å². The number of nitrogens with one attached hydrogen (secondary N) is 1. The molecule has 2 aromatic carbocycles. The van der Waals surface area contributed by atoms with Gasteiger partial charge in [-0.05, 0) is 36.8 Å². The van der Waals surface area contributed by atoms with E-state index >= 15 is 0 Å². The quantitative estimate of drug-likeness (QED) is 0.0908. The van der Waals surface area contributed by atoms with Crippen LogP contribution in [-0.4, -0.2) is 30.4 Å². The summed E-state index contributed by atoms with van der Waals surface area (Å²) in [6, 6.07) is 12.7. The molecule has 0 bridgehead atoms. The van der Waals surface area contributed by atoms with Crippen LogP contribution >= 0.6 is 12.4 Å². The lowest BCUT2D eigenvalue weighted by Gasteiger charge is -2.26. The predicted octanol–water partition coefficient (Wildman–Crippen LogP) is 11.0. The Bertz CT molecular complexity index is 853. The summed E-state index contributed by atoms with van der Waals surface area (Å²) in [5.74, 6) is 1.64. The molecule has 0 saturated carbocycles. The van der Waals surface area contributed by atoms with Crippen molar-refractivity contribution in [3.05, 3.63) is 42.0 Å². The Morgan fingerprint density at radius 1 is 0.605 bits per heavy atom. The molecule has 0 aliphatic rings. The van der Waals surface area contributed by atoms with Gasteiger partial charge in [0.25, 0.3) is 0 Å². The summed E-state index contributed by atoms with van der Waals surface area (Å²) in [4.78, 5) is 2.36. The van der Waals surface area contributed by atoms with E-state index in [1.165, 1.54) is 103 Å². The summed E-state index contributed by atoms with van der Waals surface area (Å²) in [5.41, 5.74) is 1.04. The van der Waals surface area contributed by atoms with E-state index < -0.39 is 0 Å². The van der Waals surface area contributed by atoms with Crippen LogP contribution in [0.3, 0.4) is 0 Å². The van der Waals surface area contributed by atoms with Crippen LogP contribution in [0.2, 0.25) is 0 Å². The van der Waals surface area contributed by atoms with Crippen LogP contribution in [0.1, 0.15) is 135 Å². The summed E-state index contributed by atoms with van der Waals surface area (Å²) >= 11 is 0. The molecule has 0 heterocycles. The van der Waals surface area contributed by atoms with Crippen molar-refractivity contribution in [2.24, 2.45) is 0 Å². The van der Waals surface area contributed by atoms with E-state index in [2.05, 4.69) is 62.1 Å². The molecule has 0 aliphatic carbocycles. The summed E-state index contributed by atoms with van der Waals surface area (Å²) in [6.07, 6.45) is 21.7. The molecule has 2 rings (SSSR count). The average Bonchev–Trinajstić information content (AvgIpc) is 2.92. The van der Waals surface area contributed by atoms with E-state index in [0.29, 0.717) is 5.84 Å². The maximum Gasteiger partial charge on any atom is 0.128 e. The number of nitrogens with zero attached hydrogens (tertiary/aromatic N) is 1. The largest absolute Gasteiger partial charge is 0.493 e. The maximum atomic E-state index is 9.25. The summed E-state index contributed by atoms with van der Waals surface area (Å²) in [7, 11) is 0. The molecule has 2 aromatic rings. The number of rotatable bonds is 22. The molecular weight excluding hydrogens is 488 g/mol. The summed E-state index contributed by atoms with van der Waals surface area (Å²) in [5, 5.41) is 11.5. The lowest BCUT2D eigenvalue weighted by atomic mass is 10.0. The zero-order valence-corrected chi connectivity index (χ0v) is 25.7. The van der Waals surface area contributed by atoms with Crippen LogP contribution < -0.4 is 4.74 Å². The number of hydrogen-bond donors (Lipinski definition) is 1. The van der Waals surface area contributed by atoms with Crippen LogP contribution in [0.5, 0.6) is 5.75 Å². The van der Waals surface area contributed by atoms with Crippen LogP contribution in [0.4, 0.5) is 0 Å². The van der Waals surface area contributed by atoms with Gasteiger partial charge >= 0.3 is 0 Å². The second-order valence-corrected chi connectivity index (χ2v) is 10.8. The Morgan fingerprint density at radius 2 is 1.08 bits per heavy atom. The van der Waals surface area contributed by atoms with Gasteiger partial charge in [-0.25, -0.2) is 0 Å². The molecule has 0 amide bonds. The Balaban J connectivity index is 0.00000722. The molecule has 0 fully saturated rings. The maximum absolute atomic E-state index is 9.25. The van der Waals surface area contributed by atoms with Crippen molar-refractivity contribution >= 4 is 29.0 Å². The Kier molecular flexibility index (Phi) is 20.0. The first kappa shape index (κ1) is 34.3. The highest BCUT2D eigenvalue weighted by atomic mass is 35.5. The van der Waals surface area contributed by atoms with Gasteiger partial charge in [0.1, 0.15) is 11.6 Å².